The number of hydrogen-bond acceptors (Lipinski definition) is 4. The lowest BCUT2D eigenvalue weighted by atomic mass is 10.1. The number of nitrogens with one attached hydrogen (secondary N) is 2. The number of nitrogens with zero attached hydrogens (tertiary/aromatic N) is 1. The van der Waals surface area contributed by atoms with Gasteiger partial charge in [-0.15, -0.1) is 0 Å². The number of aromatic nitrogens is 1. The van der Waals surface area contributed by atoms with Crippen molar-refractivity contribution >= 4 is 17.3 Å². The van der Waals surface area contributed by atoms with Crippen molar-refractivity contribution in [2.24, 2.45) is 0 Å². The van der Waals surface area contributed by atoms with E-state index in [-0.39, 0.29) is 5.91 Å². The molecule has 0 spiro atoms. The first kappa shape index (κ1) is 13.9. The molecule has 1 heterocycles. The number of benzene rings is 1. The van der Waals surface area contributed by atoms with Gasteiger partial charge in [-0.05, 0) is 31.2 Å². The Kier molecular flexibility index (Phi) is 4.55. The molecule has 5 nitrogen and oxygen atoms in total. The molecule has 0 unspecified atom stereocenters. The highest BCUT2D eigenvalue weighted by Crippen LogP contribution is 2.22. The van der Waals surface area contributed by atoms with Crippen molar-refractivity contribution in [1.82, 2.24) is 4.98 Å². The van der Waals surface area contributed by atoms with Crippen LogP contribution in [0.25, 0.3) is 0 Å². The quantitative estimate of drug-likeness (QED) is 0.877. The average Bonchev–Trinajstić information content (AvgIpc) is 2.48. The molecule has 0 saturated heterocycles. The fourth-order valence-electron chi connectivity index (χ4n) is 1.86. The summed E-state index contributed by atoms with van der Waals surface area (Å²) in [6.45, 7) is 2.74. The molecule has 1 aromatic heterocycles. The second-order valence-corrected chi connectivity index (χ2v) is 4.09. The van der Waals surface area contributed by atoms with Crippen molar-refractivity contribution in [1.29, 1.82) is 0 Å². The molecule has 2 rings (SSSR count). The van der Waals surface area contributed by atoms with Gasteiger partial charge in [-0.25, -0.2) is 4.98 Å². The fourth-order valence-corrected chi connectivity index (χ4v) is 1.86. The van der Waals surface area contributed by atoms with Crippen molar-refractivity contribution in [2.45, 2.75) is 6.92 Å². The molecule has 0 aliphatic rings. The molecule has 0 saturated carbocycles. The number of pyridine rings is 1. The van der Waals surface area contributed by atoms with Crippen LogP contribution in [-0.4, -0.2) is 24.5 Å². The van der Waals surface area contributed by atoms with E-state index in [0.29, 0.717) is 17.1 Å². The van der Waals surface area contributed by atoms with Crippen LogP contribution in [0.5, 0.6) is 5.88 Å². The van der Waals surface area contributed by atoms with Gasteiger partial charge in [-0.1, -0.05) is 12.1 Å². The molecule has 0 aliphatic carbocycles. The summed E-state index contributed by atoms with van der Waals surface area (Å²) in [4.78, 5) is 16.4. The molecule has 0 atom stereocenters. The van der Waals surface area contributed by atoms with Gasteiger partial charge in [0.15, 0.2) is 0 Å². The van der Waals surface area contributed by atoms with Gasteiger partial charge in [0.25, 0.3) is 5.91 Å². The van der Waals surface area contributed by atoms with Crippen molar-refractivity contribution < 1.29 is 9.53 Å². The summed E-state index contributed by atoms with van der Waals surface area (Å²) in [5, 5.41) is 5.97. The van der Waals surface area contributed by atoms with Gasteiger partial charge in [-0.2, -0.15) is 0 Å². The predicted molar refractivity (Wildman–Crippen MR) is 79.3 cm³/mol. The molecule has 0 fully saturated rings. The minimum Gasteiger partial charge on any atom is -0.480 e. The fraction of sp³-hybridized carbons (Fsp3) is 0.200. The molecule has 0 radical (unpaired) electrons. The van der Waals surface area contributed by atoms with Crippen LogP contribution in [0.2, 0.25) is 0 Å². The summed E-state index contributed by atoms with van der Waals surface area (Å²) in [6, 6.07) is 10.9. The maximum Gasteiger partial charge on any atom is 0.257 e. The topological polar surface area (TPSA) is 63.2 Å². The van der Waals surface area contributed by atoms with Gasteiger partial charge in [-0.3, -0.25) is 4.79 Å². The third-order valence-electron chi connectivity index (χ3n) is 2.75. The van der Waals surface area contributed by atoms with Gasteiger partial charge in [0.05, 0.1) is 12.7 Å². The van der Waals surface area contributed by atoms with E-state index in [2.05, 4.69) is 15.6 Å². The largest absolute Gasteiger partial charge is 0.480 e. The second kappa shape index (κ2) is 6.56. The molecule has 0 bridgehead atoms. The van der Waals surface area contributed by atoms with Crippen LogP contribution in [0.3, 0.4) is 0 Å². The number of methoxy groups -OCH3 is 1. The molecular weight excluding hydrogens is 254 g/mol. The van der Waals surface area contributed by atoms with Gasteiger partial charge in [0.2, 0.25) is 5.88 Å². The van der Waals surface area contributed by atoms with Gasteiger partial charge >= 0.3 is 0 Å². The van der Waals surface area contributed by atoms with Crippen molar-refractivity contribution in [3.8, 4) is 5.88 Å². The first-order valence-corrected chi connectivity index (χ1v) is 6.39. The zero-order chi connectivity index (χ0) is 14.4. The lowest BCUT2D eigenvalue weighted by molar-refractivity contribution is 0.102. The Morgan fingerprint density at radius 1 is 1.20 bits per heavy atom. The highest BCUT2D eigenvalue weighted by atomic mass is 16.5. The lowest BCUT2D eigenvalue weighted by Crippen LogP contribution is -2.15. The molecule has 2 N–H and O–H groups in total. The van der Waals surface area contributed by atoms with Crippen LogP contribution >= 0.6 is 0 Å². The zero-order valence-electron chi connectivity index (χ0n) is 11.5. The third-order valence-corrected chi connectivity index (χ3v) is 2.75. The van der Waals surface area contributed by atoms with E-state index in [1.165, 1.54) is 7.11 Å². The van der Waals surface area contributed by atoms with E-state index in [4.69, 9.17) is 4.74 Å². The van der Waals surface area contributed by atoms with E-state index in [0.717, 1.165) is 12.2 Å². The maximum atomic E-state index is 12.3. The number of amides is 1. The van der Waals surface area contributed by atoms with E-state index < -0.39 is 0 Å². The SMILES string of the molecule is CCNc1ccccc1C(=O)Nc1cccnc1OC. The predicted octanol–water partition coefficient (Wildman–Crippen LogP) is 2.77. The van der Waals surface area contributed by atoms with Crippen LogP contribution in [0.1, 0.15) is 17.3 Å². The van der Waals surface area contributed by atoms with Crippen molar-refractivity contribution in [3.05, 3.63) is 48.2 Å². The lowest BCUT2D eigenvalue weighted by Gasteiger charge is -2.12. The van der Waals surface area contributed by atoms with Gasteiger partial charge in [0.1, 0.15) is 5.69 Å². The first-order chi connectivity index (χ1) is 9.76. The van der Waals surface area contributed by atoms with Crippen molar-refractivity contribution in [3.63, 3.8) is 0 Å². The molecule has 1 amide bonds. The van der Waals surface area contributed by atoms with Gasteiger partial charge in [0, 0.05) is 18.4 Å². The number of para-hydroxylation sites is 1. The molecule has 0 aliphatic heterocycles. The Bertz CT molecular complexity index is 599. The molecule has 2 aromatic rings. The minimum absolute atomic E-state index is 0.201. The zero-order valence-corrected chi connectivity index (χ0v) is 11.5. The summed E-state index contributed by atoms with van der Waals surface area (Å²) < 4.78 is 5.12. The number of rotatable bonds is 5. The summed E-state index contributed by atoms with van der Waals surface area (Å²) in [5.74, 6) is 0.189. The van der Waals surface area contributed by atoms with E-state index in [1.54, 1.807) is 24.4 Å². The number of carbonyl (C=O) groups is 1. The molecule has 5 heteroatoms. The summed E-state index contributed by atoms with van der Waals surface area (Å²) in [7, 11) is 1.52. The highest BCUT2D eigenvalue weighted by molar-refractivity contribution is 6.08. The second-order valence-electron chi connectivity index (χ2n) is 4.09. The van der Waals surface area contributed by atoms with Gasteiger partial charge < -0.3 is 15.4 Å². The standard InChI is InChI=1S/C15H17N3O2/c1-3-16-12-8-5-4-7-11(12)14(19)18-13-9-6-10-17-15(13)20-2/h4-10,16H,3H2,1-2H3,(H,18,19). The van der Waals surface area contributed by atoms with Crippen LogP contribution in [0.15, 0.2) is 42.6 Å². The number of hydrogen-bond donors (Lipinski definition) is 2. The Morgan fingerprint density at radius 3 is 2.70 bits per heavy atom. The van der Waals surface area contributed by atoms with E-state index >= 15 is 0 Å². The highest BCUT2D eigenvalue weighted by Gasteiger charge is 2.13. The van der Waals surface area contributed by atoms with Crippen molar-refractivity contribution in [2.75, 3.05) is 24.3 Å². The van der Waals surface area contributed by atoms with Crippen LogP contribution in [0.4, 0.5) is 11.4 Å². The third kappa shape index (κ3) is 3.06. The molecule has 20 heavy (non-hydrogen) atoms. The minimum atomic E-state index is -0.201. The summed E-state index contributed by atoms with van der Waals surface area (Å²) in [6.07, 6.45) is 1.61. The average molecular weight is 271 g/mol. The monoisotopic (exact) mass is 271 g/mol. The van der Waals surface area contributed by atoms with E-state index in [9.17, 15) is 4.79 Å². The van der Waals surface area contributed by atoms with Crippen LogP contribution in [-0.2, 0) is 0 Å². The summed E-state index contributed by atoms with van der Waals surface area (Å²) >= 11 is 0. The number of carbonyl (C=O) groups excluding carboxylic acids is 1. The van der Waals surface area contributed by atoms with Crippen LogP contribution < -0.4 is 15.4 Å². The Balaban J connectivity index is 2.24. The number of anilines is 2. The molecule has 1 aromatic carbocycles. The van der Waals surface area contributed by atoms with Crippen LogP contribution in [0, 0.1) is 0 Å². The normalized spacial score (nSPS) is 9.90. The number of ether oxygens (including phenoxy) is 1. The Labute approximate surface area is 118 Å². The maximum absolute atomic E-state index is 12.3. The smallest absolute Gasteiger partial charge is 0.257 e. The molecular formula is C15H17N3O2. The first-order valence-electron chi connectivity index (χ1n) is 6.39. The Morgan fingerprint density at radius 2 is 1.95 bits per heavy atom. The molecule has 104 valence electrons. The summed E-state index contributed by atoms with van der Waals surface area (Å²) in [5.41, 5.74) is 1.93. The Hall–Kier alpha value is -2.56. The van der Waals surface area contributed by atoms with E-state index in [1.807, 2.05) is 25.1 Å².